The molecule has 3 N–H and O–H groups in total. The lowest BCUT2D eigenvalue weighted by Gasteiger charge is -2.25. The van der Waals surface area contributed by atoms with Crippen molar-refractivity contribution < 1.29 is 34.1 Å². The Morgan fingerprint density at radius 3 is 2.63 bits per heavy atom. The quantitative estimate of drug-likeness (QED) is 0.138. The van der Waals surface area contributed by atoms with Gasteiger partial charge in [-0.15, -0.1) is 0 Å². The number of carbonyl (C=O) groups excluding carboxylic acids is 1. The van der Waals surface area contributed by atoms with Gasteiger partial charge < -0.3 is 29.7 Å². The van der Waals surface area contributed by atoms with Gasteiger partial charge in [-0.25, -0.2) is 15.0 Å². The molecule has 1 fully saturated rings. The molecule has 0 aliphatic carbocycles. The second-order valence-corrected chi connectivity index (χ2v) is 9.32. The molecule has 5 atom stereocenters. The van der Waals surface area contributed by atoms with Crippen LogP contribution in [0.3, 0.4) is 0 Å². The van der Waals surface area contributed by atoms with Crippen LogP contribution in [-0.2, 0) is 20.6 Å². The Morgan fingerprint density at radius 2 is 1.93 bits per heavy atom. The van der Waals surface area contributed by atoms with E-state index >= 15 is 0 Å². The third-order valence-corrected chi connectivity index (χ3v) is 6.63. The minimum Gasteiger partial charge on any atom is -0.394 e. The molecule has 1 unspecified atom stereocenters. The van der Waals surface area contributed by atoms with Gasteiger partial charge >= 0.3 is 0 Å². The molecule has 0 saturated carbocycles. The van der Waals surface area contributed by atoms with Crippen LogP contribution in [0.1, 0.15) is 29.1 Å². The Morgan fingerprint density at radius 1 is 1.17 bits per heavy atom. The number of benzene rings is 2. The lowest BCUT2D eigenvalue weighted by Crippen LogP contribution is -2.38. The lowest BCUT2D eigenvalue weighted by molar-refractivity contribution is -0.384. The van der Waals surface area contributed by atoms with Crippen molar-refractivity contribution in [2.45, 2.75) is 44.2 Å². The topological polar surface area (TPSA) is 184 Å². The van der Waals surface area contributed by atoms with Crippen molar-refractivity contribution in [1.82, 2.24) is 19.5 Å². The Balaban J connectivity index is 1.28. The summed E-state index contributed by atoms with van der Waals surface area (Å²) in [6.45, 7) is 1.46. The molecule has 41 heavy (non-hydrogen) atoms. The molecule has 2 aromatic carbocycles. The van der Waals surface area contributed by atoms with Gasteiger partial charge in [0.2, 0.25) is 0 Å². The van der Waals surface area contributed by atoms with E-state index in [9.17, 15) is 25.1 Å². The molecule has 1 amide bonds. The number of non-ortho nitro benzene ring substituents is 1. The lowest BCUT2D eigenvalue weighted by atomic mass is 10.1. The van der Waals surface area contributed by atoms with E-state index in [0.717, 1.165) is 5.56 Å². The highest BCUT2D eigenvalue weighted by molar-refractivity contribution is 6.06. The second-order valence-electron chi connectivity index (χ2n) is 9.32. The van der Waals surface area contributed by atoms with Crippen molar-refractivity contribution >= 4 is 28.6 Å². The fraction of sp³-hybridized carbons (Fsp3) is 0.333. The summed E-state index contributed by atoms with van der Waals surface area (Å²) in [5.41, 5.74) is 1.93. The fourth-order valence-corrected chi connectivity index (χ4v) is 4.53. The van der Waals surface area contributed by atoms with Gasteiger partial charge in [-0.1, -0.05) is 30.3 Å². The van der Waals surface area contributed by atoms with Gasteiger partial charge in [0.15, 0.2) is 29.5 Å². The summed E-state index contributed by atoms with van der Waals surface area (Å²) < 4.78 is 19.3. The van der Waals surface area contributed by atoms with E-state index in [-0.39, 0.29) is 24.0 Å². The molecule has 1 saturated heterocycles. The average Bonchev–Trinajstić information content (AvgIpc) is 3.55. The average molecular weight is 565 g/mol. The molecular formula is C27H28N6O8. The van der Waals surface area contributed by atoms with Gasteiger partial charge in [-0.2, -0.15) is 0 Å². The fourth-order valence-electron chi connectivity index (χ4n) is 4.53. The summed E-state index contributed by atoms with van der Waals surface area (Å²) in [5, 5.41) is 34.2. The zero-order chi connectivity index (χ0) is 28.9. The first kappa shape index (κ1) is 28.2. The number of nitrogens with one attached hydrogen (secondary N) is 1. The third kappa shape index (κ3) is 6.21. The van der Waals surface area contributed by atoms with E-state index in [1.165, 1.54) is 24.8 Å². The van der Waals surface area contributed by atoms with E-state index in [4.69, 9.17) is 14.2 Å². The maximum atomic E-state index is 12.7. The third-order valence-electron chi connectivity index (χ3n) is 6.63. The Hall–Kier alpha value is -4.34. The number of nitro benzene ring substituents is 1. The number of aliphatic hydroxyl groups is 2. The van der Waals surface area contributed by atoms with Gasteiger partial charge in [0.1, 0.15) is 24.6 Å². The van der Waals surface area contributed by atoms with Gasteiger partial charge in [0.05, 0.1) is 24.5 Å². The highest BCUT2D eigenvalue weighted by atomic mass is 16.7. The van der Waals surface area contributed by atoms with Crippen molar-refractivity contribution in [2.24, 2.45) is 0 Å². The molecule has 3 heterocycles. The highest BCUT2D eigenvalue weighted by Gasteiger charge is 2.46. The molecule has 5 rings (SSSR count). The predicted octanol–water partition coefficient (Wildman–Crippen LogP) is 2.23. The smallest absolute Gasteiger partial charge is 0.269 e. The molecule has 4 aromatic rings. The first-order chi connectivity index (χ1) is 19.9. The number of carbonyl (C=O) groups is 1. The molecule has 14 heteroatoms. The Labute approximate surface area is 233 Å². The highest BCUT2D eigenvalue weighted by Crippen LogP contribution is 2.35. The van der Waals surface area contributed by atoms with Crippen molar-refractivity contribution in [2.75, 3.05) is 18.5 Å². The molecule has 0 bridgehead atoms. The summed E-state index contributed by atoms with van der Waals surface area (Å²) in [6, 6.07) is 14.8. The Bertz CT molecular complexity index is 1500. The summed E-state index contributed by atoms with van der Waals surface area (Å²) in [6.07, 6.45) is -1.60. The SMILES string of the molecule is CC(OCCc1ccc([N+](=O)[O-])cc1)O[C@@H]1[C@H](O)[C@@H](CO)O[C@H]1n1cnc2c(NC(=O)c3ccccc3)ncnc21. The number of aromatic nitrogens is 4. The second kappa shape index (κ2) is 12.4. The summed E-state index contributed by atoms with van der Waals surface area (Å²) in [4.78, 5) is 35.9. The largest absolute Gasteiger partial charge is 0.394 e. The van der Waals surface area contributed by atoms with E-state index in [1.54, 1.807) is 54.0 Å². The monoisotopic (exact) mass is 564 g/mol. The number of aliphatic hydroxyl groups excluding tert-OH is 2. The number of nitrogens with zero attached hydrogens (tertiary/aromatic N) is 5. The number of rotatable bonds is 11. The molecule has 14 nitrogen and oxygen atoms in total. The molecule has 1 aliphatic heterocycles. The molecule has 2 aromatic heterocycles. The zero-order valence-electron chi connectivity index (χ0n) is 21.9. The minimum absolute atomic E-state index is 0.00839. The van der Waals surface area contributed by atoms with Gasteiger partial charge in [0.25, 0.3) is 11.6 Å². The van der Waals surface area contributed by atoms with Crippen LogP contribution in [0.2, 0.25) is 0 Å². The first-order valence-corrected chi connectivity index (χ1v) is 12.8. The number of amides is 1. The summed E-state index contributed by atoms with van der Waals surface area (Å²) >= 11 is 0. The number of ether oxygens (including phenoxy) is 3. The van der Waals surface area contributed by atoms with E-state index < -0.39 is 42.4 Å². The molecular weight excluding hydrogens is 536 g/mol. The Kier molecular flexibility index (Phi) is 8.56. The van der Waals surface area contributed by atoms with Crippen LogP contribution in [-0.4, -0.2) is 78.4 Å². The van der Waals surface area contributed by atoms with Crippen LogP contribution in [0, 0.1) is 10.1 Å². The van der Waals surface area contributed by atoms with Crippen LogP contribution < -0.4 is 5.32 Å². The predicted molar refractivity (Wildman–Crippen MR) is 144 cm³/mol. The van der Waals surface area contributed by atoms with Gasteiger partial charge in [-0.3, -0.25) is 19.5 Å². The number of anilines is 1. The van der Waals surface area contributed by atoms with Crippen LogP contribution in [0.5, 0.6) is 0 Å². The van der Waals surface area contributed by atoms with Crippen molar-refractivity contribution in [3.63, 3.8) is 0 Å². The molecule has 0 radical (unpaired) electrons. The maximum Gasteiger partial charge on any atom is 0.269 e. The van der Waals surface area contributed by atoms with E-state index in [0.29, 0.717) is 23.1 Å². The van der Waals surface area contributed by atoms with Crippen LogP contribution in [0.15, 0.2) is 67.3 Å². The standard InChI is InChI=1S/C27H28N6O8/c1-16(39-12-11-17-7-9-19(10-8-17)33(37)38)40-23-22(35)20(13-34)41-27(23)32-15-30-21-24(28-14-29-25(21)32)31-26(36)18-5-3-2-4-6-18/h2-10,14-16,20,22-23,27,34-35H,11-13H2,1H3,(H,28,29,31,36)/t16?,20-,22-,23-,27-/m1/s1. The number of imidazole rings is 1. The minimum atomic E-state index is -1.19. The van der Waals surface area contributed by atoms with E-state index in [1.807, 2.05) is 0 Å². The van der Waals surface area contributed by atoms with Gasteiger partial charge in [-0.05, 0) is 31.0 Å². The number of hydrogen-bond donors (Lipinski definition) is 3. The summed E-state index contributed by atoms with van der Waals surface area (Å²) in [5.74, 6) is -0.172. The van der Waals surface area contributed by atoms with Crippen molar-refractivity contribution in [3.8, 4) is 0 Å². The van der Waals surface area contributed by atoms with Crippen LogP contribution in [0.25, 0.3) is 11.2 Å². The number of hydrogen-bond acceptors (Lipinski definition) is 11. The maximum absolute atomic E-state index is 12.7. The van der Waals surface area contributed by atoms with Crippen LogP contribution >= 0.6 is 0 Å². The van der Waals surface area contributed by atoms with Crippen molar-refractivity contribution in [1.29, 1.82) is 0 Å². The number of fused-ring (bicyclic) bond motifs is 1. The van der Waals surface area contributed by atoms with E-state index in [2.05, 4.69) is 20.3 Å². The van der Waals surface area contributed by atoms with Gasteiger partial charge in [0, 0.05) is 17.7 Å². The zero-order valence-corrected chi connectivity index (χ0v) is 21.9. The molecule has 0 spiro atoms. The number of nitro groups is 1. The van der Waals surface area contributed by atoms with Crippen LogP contribution in [0.4, 0.5) is 11.5 Å². The van der Waals surface area contributed by atoms with Crippen molar-refractivity contribution in [3.05, 3.63) is 88.5 Å². The normalized spacial score (nSPS) is 21.1. The molecule has 214 valence electrons. The molecule has 1 aliphatic rings. The summed E-state index contributed by atoms with van der Waals surface area (Å²) in [7, 11) is 0. The first-order valence-electron chi connectivity index (χ1n) is 12.8.